The molecular weight excluding hydrogens is 505 g/mol. The highest BCUT2D eigenvalue weighted by Crippen LogP contribution is 2.39. The number of benzene rings is 3. The minimum absolute atomic E-state index is 0.00852. The SMILES string of the molecule is CC(C)[C@H](C)OC(=O)[C@H]1CC(c2c(F)cccc2F)=N[C@H]1c1ccc(-c2ccc(OC(F)(F)F)cc2)cc1. The topological polar surface area (TPSA) is 47.9 Å². The molecule has 1 aliphatic rings. The van der Waals surface area contributed by atoms with Crippen molar-refractivity contribution in [2.75, 3.05) is 0 Å². The van der Waals surface area contributed by atoms with Gasteiger partial charge in [0.25, 0.3) is 0 Å². The Hall–Kier alpha value is -3.75. The van der Waals surface area contributed by atoms with E-state index >= 15 is 0 Å². The number of aliphatic imine (C=N–C) groups is 1. The molecule has 200 valence electrons. The molecule has 3 aromatic carbocycles. The molecule has 3 aromatic rings. The number of alkyl halides is 3. The van der Waals surface area contributed by atoms with Gasteiger partial charge in [-0.05, 0) is 53.8 Å². The van der Waals surface area contributed by atoms with Crippen LogP contribution in [0.5, 0.6) is 5.75 Å². The lowest BCUT2D eigenvalue weighted by molar-refractivity contribution is -0.274. The summed E-state index contributed by atoms with van der Waals surface area (Å²) in [5.41, 5.74) is 1.88. The van der Waals surface area contributed by atoms with Crippen LogP contribution in [0.1, 0.15) is 44.4 Å². The summed E-state index contributed by atoms with van der Waals surface area (Å²) < 4.78 is 75.9. The lowest BCUT2D eigenvalue weighted by Gasteiger charge is -2.22. The number of halogens is 5. The molecule has 0 saturated heterocycles. The Bertz CT molecular complexity index is 1300. The molecule has 0 N–H and O–H groups in total. The monoisotopic (exact) mass is 531 g/mol. The molecule has 4 rings (SSSR count). The molecular formula is C29H26F5NO3. The highest BCUT2D eigenvalue weighted by molar-refractivity contribution is 6.04. The van der Waals surface area contributed by atoms with Crippen LogP contribution in [-0.4, -0.2) is 24.1 Å². The van der Waals surface area contributed by atoms with Crippen LogP contribution < -0.4 is 4.74 Å². The summed E-state index contributed by atoms with van der Waals surface area (Å²) in [5, 5.41) is 0. The molecule has 0 bridgehead atoms. The molecule has 0 aromatic heterocycles. The molecule has 0 unspecified atom stereocenters. The molecule has 3 atom stereocenters. The van der Waals surface area contributed by atoms with Crippen LogP contribution in [0, 0.1) is 23.5 Å². The summed E-state index contributed by atoms with van der Waals surface area (Å²) >= 11 is 0. The van der Waals surface area contributed by atoms with Crippen molar-refractivity contribution in [1.29, 1.82) is 0 Å². The van der Waals surface area contributed by atoms with Gasteiger partial charge in [-0.25, -0.2) is 8.78 Å². The molecule has 0 saturated carbocycles. The predicted octanol–water partition coefficient (Wildman–Crippen LogP) is 7.67. The van der Waals surface area contributed by atoms with Gasteiger partial charge in [-0.15, -0.1) is 13.2 Å². The van der Waals surface area contributed by atoms with Gasteiger partial charge in [0, 0.05) is 12.1 Å². The van der Waals surface area contributed by atoms with Crippen molar-refractivity contribution in [3.63, 3.8) is 0 Å². The lowest BCUT2D eigenvalue weighted by Crippen LogP contribution is -2.28. The Morgan fingerprint density at radius 1 is 0.895 bits per heavy atom. The third-order valence-electron chi connectivity index (χ3n) is 6.56. The molecule has 38 heavy (non-hydrogen) atoms. The predicted molar refractivity (Wildman–Crippen MR) is 133 cm³/mol. The molecule has 0 spiro atoms. The van der Waals surface area contributed by atoms with Crippen molar-refractivity contribution in [2.45, 2.75) is 45.7 Å². The normalized spacial score (nSPS) is 18.3. The van der Waals surface area contributed by atoms with Gasteiger partial charge in [0.05, 0.1) is 17.5 Å². The van der Waals surface area contributed by atoms with Crippen LogP contribution in [0.25, 0.3) is 11.1 Å². The second-order valence-electron chi connectivity index (χ2n) is 9.51. The fourth-order valence-electron chi connectivity index (χ4n) is 4.22. The summed E-state index contributed by atoms with van der Waals surface area (Å²) in [6, 6.07) is 15.2. The van der Waals surface area contributed by atoms with Crippen molar-refractivity contribution in [2.24, 2.45) is 16.8 Å². The maximum Gasteiger partial charge on any atom is 0.573 e. The molecule has 9 heteroatoms. The van der Waals surface area contributed by atoms with Crippen LogP contribution in [0.3, 0.4) is 0 Å². The van der Waals surface area contributed by atoms with Crippen molar-refractivity contribution >= 4 is 11.7 Å². The number of ether oxygens (including phenoxy) is 2. The van der Waals surface area contributed by atoms with Crippen molar-refractivity contribution in [1.82, 2.24) is 0 Å². The Balaban J connectivity index is 1.63. The summed E-state index contributed by atoms with van der Waals surface area (Å²) in [7, 11) is 0. The largest absolute Gasteiger partial charge is 0.573 e. The van der Waals surface area contributed by atoms with E-state index in [-0.39, 0.29) is 35.5 Å². The standard InChI is InChI=1S/C29H26F5NO3/c1-16(2)17(3)37-28(36)22-15-25(26-23(30)5-4-6-24(26)31)35-27(22)20-9-7-18(8-10-20)19-11-13-21(14-12-19)38-29(32,33)34/h4-14,16-17,22,27H,15H2,1-3H3/t17-,22-,27-/m0/s1. The van der Waals surface area contributed by atoms with Gasteiger partial charge in [-0.3, -0.25) is 9.79 Å². The van der Waals surface area contributed by atoms with Gasteiger partial charge < -0.3 is 9.47 Å². The Morgan fingerprint density at radius 3 is 1.97 bits per heavy atom. The molecule has 1 heterocycles. The van der Waals surface area contributed by atoms with Crippen LogP contribution >= 0.6 is 0 Å². The average molecular weight is 532 g/mol. The Labute approximate surface area is 217 Å². The zero-order valence-electron chi connectivity index (χ0n) is 20.9. The first kappa shape index (κ1) is 27.3. The molecule has 0 aliphatic carbocycles. The van der Waals surface area contributed by atoms with Gasteiger partial charge >= 0.3 is 12.3 Å². The van der Waals surface area contributed by atoms with E-state index in [0.29, 0.717) is 16.7 Å². The number of hydrogen-bond donors (Lipinski definition) is 0. The van der Waals surface area contributed by atoms with Gasteiger partial charge in [0.15, 0.2) is 0 Å². The fraction of sp³-hybridized carbons (Fsp3) is 0.310. The van der Waals surface area contributed by atoms with E-state index in [1.807, 2.05) is 13.8 Å². The van der Waals surface area contributed by atoms with Crippen LogP contribution in [0.15, 0.2) is 71.7 Å². The Morgan fingerprint density at radius 2 is 1.45 bits per heavy atom. The van der Waals surface area contributed by atoms with Crippen molar-refractivity contribution < 1.29 is 36.2 Å². The van der Waals surface area contributed by atoms with Gasteiger partial charge in [0.1, 0.15) is 23.5 Å². The van der Waals surface area contributed by atoms with Gasteiger partial charge in [0.2, 0.25) is 0 Å². The highest BCUT2D eigenvalue weighted by Gasteiger charge is 2.39. The van der Waals surface area contributed by atoms with Crippen molar-refractivity contribution in [3.8, 4) is 16.9 Å². The third kappa shape index (κ3) is 6.20. The minimum atomic E-state index is -4.78. The number of esters is 1. The minimum Gasteiger partial charge on any atom is -0.462 e. The second kappa shape index (κ2) is 10.9. The van der Waals surface area contributed by atoms with Crippen LogP contribution in [0.4, 0.5) is 22.0 Å². The van der Waals surface area contributed by atoms with Crippen LogP contribution in [-0.2, 0) is 9.53 Å². The van der Waals surface area contributed by atoms with Gasteiger partial charge in [-0.2, -0.15) is 0 Å². The number of rotatable bonds is 7. The quantitative estimate of drug-likeness (QED) is 0.232. The molecule has 1 aliphatic heterocycles. The zero-order valence-corrected chi connectivity index (χ0v) is 20.9. The number of hydrogen-bond acceptors (Lipinski definition) is 4. The van der Waals surface area contributed by atoms with E-state index in [0.717, 1.165) is 12.1 Å². The first-order chi connectivity index (χ1) is 17.9. The number of nitrogens with zero attached hydrogens (tertiary/aromatic N) is 1. The van der Waals surface area contributed by atoms with Crippen molar-refractivity contribution in [3.05, 3.63) is 89.5 Å². The number of carbonyl (C=O) groups is 1. The van der Waals surface area contributed by atoms with E-state index in [9.17, 15) is 26.7 Å². The molecule has 0 amide bonds. The molecule has 4 nitrogen and oxygen atoms in total. The summed E-state index contributed by atoms with van der Waals surface area (Å²) in [5.74, 6) is -3.06. The summed E-state index contributed by atoms with van der Waals surface area (Å²) in [6.45, 7) is 5.62. The highest BCUT2D eigenvalue weighted by atomic mass is 19.4. The maximum atomic E-state index is 14.5. The second-order valence-corrected chi connectivity index (χ2v) is 9.51. The zero-order chi connectivity index (χ0) is 27.6. The van der Waals surface area contributed by atoms with E-state index in [4.69, 9.17) is 4.74 Å². The van der Waals surface area contributed by atoms with Crippen LogP contribution in [0.2, 0.25) is 0 Å². The maximum absolute atomic E-state index is 14.5. The number of carbonyl (C=O) groups excluding carboxylic acids is 1. The van der Waals surface area contributed by atoms with E-state index < -0.39 is 35.9 Å². The van der Waals surface area contributed by atoms with E-state index in [1.165, 1.54) is 30.3 Å². The smallest absolute Gasteiger partial charge is 0.462 e. The first-order valence-electron chi connectivity index (χ1n) is 12.1. The van der Waals surface area contributed by atoms with Gasteiger partial charge in [-0.1, -0.05) is 56.3 Å². The van der Waals surface area contributed by atoms with E-state index in [1.54, 1.807) is 31.2 Å². The lowest BCUT2D eigenvalue weighted by atomic mass is 9.90. The third-order valence-corrected chi connectivity index (χ3v) is 6.56. The fourth-order valence-corrected chi connectivity index (χ4v) is 4.22. The Kier molecular flexibility index (Phi) is 7.85. The van der Waals surface area contributed by atoms with E-state index in [2.05, 4.69) is 9.73 Å². The summed E-state index contributed by atoms with van der Waals surface area (Å²) in [6.07, 6.45) is -5.13. The average Bonchev–Trinajstić information content (AvgIpc) is 3.28. The first-order valence-corrected chi connectivity index (χ1v) is 12.1. The molecule has 0 fully saturated rings. The molecule has 0 radical (unpaired) electrons. The summed E-state index contributed by atoms with van der Waals surface area (Å²) in [4.78, 5) is 17.7.